The first-order valence-corrected chi connectivity index (χ1v) is 9.52. The molecular weight excluding hydrogens is 344 g/mol. The predicted octanol–water partition coefficient (Wildman–Crippen LogP) is 4.02. The standard InChI is InChI=1S/C17H23ClN4OS/c1-4-10-22-16(13-6-8-14(18)9-7-13)20-21-17(22)24-11-15(23)19-12(3)5-2/h6-9,12H,4-5,10-11H2,1-3H3,(H,19,23)/t12-/m0/s1. The van der Waals surface area contributed by atoms with Crippen LogP contribution >= 0.6 is 23.4 Å². The topological polar surface area (TPSA) is 59.8 Å². The van der Waals surface area contributed by atoms with Gasteiger partial charge < -0.3 is 9.88 Å². The second-order valence-corrected chi connectivity index (χ2v) is 7.01. The minimum atomic E-state index is 0.0217. The van der Waals surface area contributed by atoms with Crippen LogP contribution < -0.4 is 5.32 Å². The summed E-state index contributed by atoms with van der Waals surface area (Å²) in [6.45, 7) is 6.96. The van der Waals surface area contributed by atoms with E-state index in [-0.39, 0.29) is 11.9 Å². The van der Waals surface area contributed by atoms with E-state index in [1.165, 1.54) is 11.8 Å². The normalized spacial score (nSPS) is 12.2. The van der Waals surface area contributed by atoms with Gasteiger partial charge in [-0.3, -0.25) is 4.79 Å². The summed E-state index contributed by atoms with van der Waals surface area (Å²) >= 11 is 7.37. The minimum absolute atomic E-state index is 0.0217. The summed E-state index contributed by atoms with van der Waals surface area (Å²) in [7, 11) is 0. The second kappa shape index (κ2) is 9.08. The van der Waals surface area contributed by atoms with Gasteiger partial charge in [-0.05, 0) is 44.0 Å². The van der Waals surface area contributed by atoms with Crippen LogP contribution in [-0.2, 0) is 11.3 Å². The SMILES string of the molecule is CCCn1c(SCC(=O)N[C@@H](C)CC)nnc1-c1ccc(Cl)cc1. The van der Waals surface area contributed by atoms with Gasteiger partial charge in [-0.1, -0.05) is 37.2 Å². The zero-order valence-electron chi connectivity index (χ0n) is 14.3. The molecule has 2 aromatic rings. The lowest BCUT2D eigenvalue weighted by Crippen LogP contribution is -2.33. The zero-order valence-corrected chi connectivity index (χ0v) is 15.8. The molecule has 0 fully saturated rings. The molecule has 1 aromatic heterocycles. The number of halogens is 1. The van der Waals surface area contributed by atoms with E-state index >= 15 is 0 Å². The smallest absolute Gasteiger partial charge is 0.230 e. The van der Waals surface area contributed by atoms with Crippen LogP contribution in [0.15, 0.2) is 29.4 Å². The van der Waals surface area contributed by atoms with Crippen molar-refractivity contribution in [3.8, 4) is 11.4 Å². The highest BCUT2D eigenvalue weighted by Gasteiger charge is 2.15. The lowest BCUT2D eigenvalue weighted by Gasteiger charge is -2.11. The summed E-state index contributed by atoms with van der Waals surface area (Å²) in [6, 6.07) is 7.74. The summed E-state index contributed by atoms with van der Waals surface area (Å²) in [5.41, 5.74) is 0.969. The van der Waals surface area contributed by atoms with Crippen molar-refractivity contribution in [2.24, 2.45) is 0 Å². The molecule has 1 N–H and O–H groups in total. The van der Waals surface area contributed by atoms with Crippen LogP contribution in [0.5, 0.6) is 0 Å². The third kappa shape index (κ3) is 4.98. The number of aromatic nitrogens is 3. The summed E-state index contributed by atoms with van der Waals surface area (Å²) in [5.74, 6) is 1.17. The van der Waals surface area contributed by atoms with Crippen molar-refractivity contribution in [3.63, 3.8) is 0 Å². The van der Waals surface area contributed by atoms with E-state index in [1.54, 1.807) is 0 Å². The van der Waals surface area contributed by atoms with Gasteiger partial charge in [0, 0.05) is 23.2 Å². The van der Waals surface area contributed by atoms with E-state index in [0.29, 0.717) is 10.8 Å². The number of hydrogen-bond acceptors (Lipinski definition) is 4. The van der Waals surface area contributed by atoms with Crippen LogP contribution in [0, 0.1) is 0 Å². The van der Waals surface area contributed by atoms with Crippen molar-refractivity contribution in [3.05, 3.63) is 29.3 Å². The molecule has 0 saturated heterocycles. The number of rotatable bonds is 8. The molecular formula is C17H23ClN4OS. The fraction of sp³-hybridized carbons (Fsp3) is 0.471. The number of amides is 1. The van der Waals surface area contributed by atoms with Crippen LogP contribution in [0.1, 0.15) is 33.6 Å². The molecule has 1 atom stereocenters. The number of benzene rings is 1. The van der Waals surface area contributed by atoms with Gasteiger partial charge in [0.1, 0.15) is 0 Å². The van der Waals surface area contributed by atoms with Crippen LogP contribution in [0.4, 0.5) is 0 Å². The highest BCUT2D eigenvalue weighted by Crippen LogP contribution is 2.25. The molecule has 1 amide bonds. The molecule has 24 heavy (non-hydrogen) atoms. The van der Waals surface area contributed by atoms with Gasteiger partial charge in [0.25, 0.3) is 0 Å². The average molecular weight is 367 g/mol. The van der Waals surface area contributed by atoms with Crippen molar-refractivity contribution in [1.29, 1.82) is 0 Å². The van der Waals surface area contributed by atoms with Gasteiger partial charge in [-0.25, -0.2) is 0 Å². The Morgan fingerprint density at radius 3 is 2.62 bits per heavy atom. The van der Waals surface area contributed by atoms with Crippen molar-refractivity contribution in [2.45, 2.75) is 51.4 Å². The first kappa shape index (κ1) is 18.8. The third-order valence-electron chi connectivity index (χ3n) is 3.62. The molecule has 0 radical (unpaired) electrons. The summed E-state index contributed by atoms with van der Waals surface area (Å²) in [4.78, 5) is 12.0. The van der Waals surface area contributed by atoms with Gasteiger partial charge in [0.05, 0.1) is 5.75 Å². The van der Waals surface area contributed by atoms with Crippen molar-refractivity contribution >= 4 is 29.3 Å². The van der Waals surface area contributed by atoms with Gasteiger partial charge in [-0.15, -0.1) is 10.2 Å². The molecule has 0 spiro atoms. The van der Waals surface area contributed by atoms with E-state index in [9.17, 15) is 4.79 Å². The molecule has 0 unspecified atom stereocenters. The Kier molecular flexibility index (Phi) is 7.12. The monoisotopic (exact) mass is 366 g/mol. The number of hydrogen-bond donors (Lipinski definition) is 1. The van der Waals surface area contributed by atoms with E-state index in [2.05, 4.69) is 27.0 Å². The Bertz CT molecular complexity index is 672. The second-order valence-electron chi connectivity index (χ2n) is 5.63. The average Bonchev–Trinajstić information content (AvgIpc) is 2.97. The molecule has 0 aliphatic carbocycles. The summed E-state index contributed by atoms with van der Waals surface area (Å²) < 4.78 is 2.06. The number of nitrogens with zero attached hydrogens (tertiary/aromatic N) is 3. The van der Waals surface area contributed by atoms with Crippen molar-refractivity contribution in [1.82, 2.24) is 20.1 Å². The first-order valence-electron chi connectivity index (χ1n) is 8.16. The zero-order chi connectivity index (χ0) is 17.5. The van der Waals surface area contributed by atoms with E-state index < -0.39 is 0 Å². The third-order valence-corrected chi connectivity index (χ3v) is 4.84. The Morgan fingerprint density at radius 2 is 2.00 bits per heavy atom. The first-order chi connectivity index (χ1) is 11.5. The molecule has 2 rings (SSSR count). The number of thioether (sulfide) groups is 1. The number of nitrogens with one attached hydrogen (secondary N) is 1. The van der Waals surface area contributed by atoms with Crippen LogP contribution in [0.25, 0.3) is 11.4 Å². The molecule has 130 valence electrons. The number of carbonyl (C=O) groups excluding carboxylic acids is 1. The van der Waals surface area contributed by atoms with E-state index in [4.69, 9.17) is 11.6 Å². The van der Waals surface area contributed by atoms with E-state index in [1.807, 2.05) is 38.1 Å². The van der Waals surface area contributed by atoms with Gasteiger partial charge in [-0.2, -0.15) is 0 Å². The summed E-state index contributed by atoms with van der Waals surface area (Å²) in [6.07, 6.45) is 1.88. The molecule has 7 heteroatoms. The minimum Gasteiger partial charge on any atom is -0.353 e. The lowest BCUT2D eigenvalue weighted by molar-refractivity contribution is -0.119. The Balaban J connectivity index is 2.13. The Morgan fingerprint density at radius 1 is 1.29 bits per heavy atom. The van der Waals surface area contributed by atoms with Gasteiger partial charge in [0.2, 0.25) is 5.91 Å². The summed E-state index contributed by atoms with van der Waals surface area (Å²) in [5, 5.41) is 13.0. The highest BCUT2D eigenvalue weighted by molar-refractivity contribution is 7.99. The van der Waals surface area contributed by atoms with Crippen molar-refractivity contribution < 1.29 is 4.79 Å². The molecule has 5 nitrogen and oxygen atoms in total. The van der Waals surface area contributed by atoms with Crippen molar-refractivity contribution in [2.75, 3.05) is 5.75 Å². The maximum atomic E-state index is 12.0. The molecule has 0 saturated carbocycles. The molecule has 0 aliphatic heterocycles. The van der Waals surface area contributed by atoms with Crippen LogP contribution in [0.3, 0.4) is 0 Å². The molecule has 0 bridgehead atoms. The maximum absolute atomic E-state index is 12.0. The fourth-order valence-electron chi connectivity index (χ4n) is 2.18. The largest absolute Gasteiger partial charge is 0.353 e. The Labute approximate surface area is 152 Å². The van der Waals surface area contributed by atoms with E-state index in [0.717, 1.165) is 35.9 Å². The number of carbonyl (C=O) groups is 1. The predicted molar refractivity (Wildman–Crippen MR) is 99.4 cm³/mol. The molecule has 0 aliphatic rings. The molecule has 1 heterocycles. The van der Waals surface area contributed by atoms with Crippen LogP contribution in [0.2, 0.25) is 5.02 Å². The van der Waals surface area contributed by atoms with Crippen LogP contribution in [-0.4, -0.2) is 32.5 Å². The fourth-order valence-corrected chi connectivity index (χ4v) is 3.08. The molecule has 1 aromatic carbocycles. The van der Waals surface area contributed by atoms with Gasteiger partial charge >= 0.3 is 0 Å². The Hall–Kier alpha value is -1.53. The quantitative estimate of drug-likeness (QED) is 0.717. The lowest BCUT2D eigenvalue weighted by atomic mass is 10.2. The maximum Gasteiger partial charge on any atom is 0.230 e. The highest BCUT2D eigenvalue weighted by atomic mass is 35.5. The van der Waals surface area contributed by atoms with Gasteiger partial charge in [0.15, 0.2) is 11.0 Å².